The first-order valence-corrected chi connectivity index (χ1v) is 1.80. The van der Waals surface area contributed by atoms with Crippen molar-refractivity contribution >= 4 is 23.3 Å². The summed E-state index contributed by atoms with van der Waals surface area (Å²) in [6.07, 6.45) is 0. The Balaban J connectivity index is -0.00000000167. The summed E-state index contributed by atoms with van der Waals surface area (Å²) in [6, 6.07) is 0. The number of hydrogen-bond donors (Lipinski definition) is 2. The molecule has 0 nitrogen and oxygen atoms in total. The summed E-state index contributed by atoms with van der Waals surface area (Å²) in [5.41, 5.74) is 0. The summed E-state index contributed by atoms with van der Waals surface area (Å²) in [6.45, 7) is 0. The Morgan fingerprint density at radius 1 is 1.00 bits per heavy atom. The number of thiol groups is 2. The SMILES string of the molecule is SS.[Co].[Fe].[Ni]. The van der Waals surface area contributed by atoms with Crippen LogP contribution < -0.4 is 0 Å². The van der Waals surface area contributed by atoms with Gasteiger partial charge in [0.15, 0.2) is 0 Å². The van der Waals surface area contributed by atoms with Crippen LogP contribution in [0, 0.1) is 0 Å². The van der Waals surface area contributed by atoms with Crippen molar-refractivity contribution in [1.82, 2.24) is 0 Å². The summed E-state index contributed by atoms with van der Waals surface area (Å²) >= 11 is 6.44. The van der Waals surface area contributed by atoms with Crippen LogP contribution >= 0.6 is 23.3 Å². The van der Waals surface area contributed by atoms with Crippen molar-refractivity contribution in [3.8, 4) is 0 Å². The average molecular weight is 240 g/mol. The maximum atomic E-state index is 3.22. The Kier molecular flexibility index (Phi) is 185. The zero-order valence-electron chi connectivity index (χ0n) is 1.90. The van der Waals surface area contributed by atoms with Crippen molar-refractivity contribution < 1.29 is 50.3 Å². The minimum absolute atomic E-state index is 0. The van der Waals surface area contributed by atoms with E-state index in [-0.39, 0.29) is 50.3 Å². The molecular formula is H2CoFeNiS2. The Bertz CT molecular complexity index is 9.61. The normalized spacial score (nSPS) is 1.20. The molecule has 0 rings (SSSR count). The smallest absolute Gasteiger partial charge is 0 e. The molecule has 0 aliphatic rings. The summed E-state index contributed by atoms with van der Waals surface area (Å²) in [7, 11) is 0. The van der Waals surface area contributed by atoms with Crippen LogP contribution in [0.15, 0.2) is 0 Å². The van der Waals surface area contributed by atoms with E-state index in [2.05, 4.69) is 23.3 Å². The van der Waals surface area contributed by atoms with E-state index in [0.29, 0.717) is 0 Å². The van der Waals surface area contributed by atoms with Gasteiger partial charge in [0, 0.05) is 50.3 Å². The first-order valence-electron chi connectivity index (χ1n) is 0.200. The van der Waals surface area contributed by atoms with Gasteiger partial charge < -0.3 is 0 Å². The van der Waals surface area contributed by atoms with Crippen LogP contribution in [0.2, 0.25) is 0 Å². The van der Waals surface area contributed by atoms with Gasteiger partial charge in [0.2, 0.25) is 0 Å². The van der Waals surface area contributed by atoms with E-state index in [1.54, 1.807) is 0 Å². The maximum absolute atomic E-state index is 3.22. The predicted molar refractivity (Wildman–Crippen MR) is 18.0 cm³/mol. The fraction of sp³-hybridized carbons (Fsp3) is 0. The third-order valence-corrected chi connectivity index (χ3v) is 0. The van der Waals surface area contributed by atoms with Crippen molar-refractivity contribution in [3.05, 3.63) is 0 Å². The minimum atomic E-state index is 0. The molecule has 0 saturated carbocycles. The van der Waals surface area contributed by atoms with Crippen LogP contribution in [0.5, 0.6) is 0 Å². The standard InChI is InChI=1S/Co.Fe.Ni.H2S2/c;;;1-2/h;;;1-2H. The van der Waals surface area contributed by atoms with Gasteiger partial charge in [-0.05, 0) is 0 Å². The van der Waals surface area contributed by atoms with Gasteiger partial charge in [-0.25, -0.2) is 0 Å². The Hall–Kier alpha value is 2.22. The number of hydrogen-bond acceptors (Lipinski definition) is 2. The largest absolute Gasteiger partial charge is 0.115 e. The molecule has 0 aliphatic carbocycles. The van der Waals surface area contributed by atoms with Gasteiger partial charge in [-0.15, -0.1) is 23.3 Å². The van der Waals surface area contributed by atoms with E-state index >= 15 is 0 Å². The molecule has 0 aromatic carbocycles. The van der Waals surface area contributed by atoms with Crippen molar-refractivity contribution in [2.75, 3.05) is 0 Å². The van der Waals surface area contributed by atoms with E-state index in [1.165, 1.54) is 0 Å². The molecule has 5 heavy (non-hydrogen) atoms. The van der Waals surface area contributed by atoms with E-state index in [9.17, 15) is 0 Å². The van der Waals surface area contributed by atoms with Gasteiger partial charge in [0.1, 0.15) is 0 Å². The van der Waals surface area contributed by atoms with E-state index < -0.39 is 0 Å². The predicted octanol–water partition coefficient (Wildman–Crippen LogP) is 0.754. The molecular weight excluding hydrogens is 238 g/mol. The zero-order chi connectivity index (χ0) is 2.00. The van der Waals surface area contributed by atoms with E-state index in [4.69, 9.17) is 0 Å². The van der Waals surface area contributed by atoms with Crippen molar-refractivity contribution in [2.24, 2.45) is 0 Å². The van der Waals surface area contributed by atoms with Crippen LogP contribution in [0.3, 0.4) is 0 Å². The van der Waals surface area contributed by atoms with Gasteiger partial charge in [-0.2, -0.15) is 0 Å². The molecule has 41 valence electrons. The van der Waals surface area contributed by atoms with Gasteiger partial charge in [0.05, 0.1) is 0 Å². The van der Waals surface area contributed by atoms with Crippen LogP contribution in [0.4, 0.5) is 0 Å². The second kappa shape index (κ2) is 34.4. The average Bonchev–Trinajstić information content (AvgIpc) is 1.00. The summed E-state index contributed by atoms with van der Waals surface area (Å²) < 4.78 is 0. The molecule has 0 atom stereocenters. The van der Waals surface area contributed by atoms with Crippen LogP contribution in [0.25, 0.3) is 0 Å². The second-order valence-electron chi connectivity index (χ2n) is 0. The number of rotatable bonds is 0. The van der Waals surface area contributed by atoms with Gasteiger partial charge in [0.25, 0.3) is 0 Å². The molecule has 0 spiro atoms. The van der Waals surface area contributed by atoms with Crippen LogP contribution in [0.1, 0.15) is 0 Å². The topological polar surface area (TPSA) is 0 Å². The molecule has 1 radical (unpaired) electrons. The van der Waals surface area contributed by atoms with Crippen molar-refractivity contribution in [1.29, 1.82) is 0 Å². The molecule has 0 aromatic rings. The monoisotopic (exact) mass is 239 g/mol. The fourth-order valence-electron chi connectivity index (χ4n) is 0. The molecule has 0 unspecified atom stereocenters. The fourth-order valence-corrected chi connectivity index (χ4v) is 0. The molecule has 0 bridgehead atoms. The Morgan fingerprint density at radius 2 is 1.00 bits per heavy atom. The van der Waals surface area contributed by atoms with E-state index in [1.807, 2.05) is 0 Å². The minimum Gasteiger partial charge on any atom is -0.115 e. The third-order valence-electron chi connectivity index (χ3n) is 0. The Morgan fingerprint density at radius 3 is 1.00 bits per heavy atom. The molecule has 0 N–H and O–H groups in total. The van der Waals surface area contributed by atoms with Crippen molar-refractivity contribution in [2.45, 2.75) is 0 Å². The Labute approximate surface area is 73.0 Å². The first kappa shape index (κ1) is 26.9. The van der Waals surface area contributed by atoms with Gasteiger partial charge in [-0.3, -0.25) is 0 Å². The van der Waals surface area contributed by atoms with Gasteiger partial charge in [-0.1, -0.05) is 0 Å². The van der Waals surface area contributed by atoms with Crippen LogP contribution in [-0.2, 0) is 50.3 Å². The second-order valence-corrected chi connectivity index (χ2v) is 0. The quantitative estimate of drug-likeness (QED) is 0.348. The molecule has 0 aromatic heterocycles. The third kappa shape index (κ3) is 22.5. The summed E-state index contributed by atoms with van der Waals surface area (Å²) in [4.78, 5) is 0. The summed E-state index contributed by atoms with van der Waals surface area (Å²) in [5.74, 6) is 0. The molecule has 0 saturated heterocycles. The van der Waals surface area contributed by atoms with Gasteiger partial charge >= 0.3 is 0 Å². The van der Waals surface area contributed by atoms with Crippen molar-refractivity contribution in [3.63, 3.8) is 0 Å². The first-order chi connectivity index (χ1) is 1.00. The molecule has 0 fully saturated rings. The molecule has 0 amide bonds. The van der Waals surface area contributed by atoms with E-state index in [0.717, 1.165) is 0 Å². The molecule has 0 aliphatic heterocycles. The van der Waals surface area contributed by atoms with Crippen LogP contribution in [-0.4, -0.2) is 0 Å². The zero-order valence-corrected chi connectivity index (χ0v) is 6.82. The maximum Gasteiger partial charge on any atom is 0 e. The molecule has 5 heteroatoms. The summed E-state index contributed by atoms with van der Waals surface area (Å²) in [5, 5.41) is 0. The molecule has 0 heterocycles.